The van der Waals surface area contributed by atoms with E-state index in [0.717, 1.165) is 13.0 Å². The predicted octanol–water partition coefficient (Wildman–Crippen LogP) is 2.07. The van der Waals surface area contributed by atoms with Crippen LogP contribution in [-0.4, -0.2) is 6.61 Å². The molecule has 0 aromatic carbocycles. The highest BCUT2D eigenvalue weighted by molar-refractivity contribution is 5.03. The average Bonchev–Trinajstić information content (AvgIpc) is 2.34. The van der Waals surface area contributed by atoms with Crippen molar-refractivity contribution in [1.82, 2.24) is 0 Å². The van der Waals surface area contributed by atoms with Crippen molar-refractivity contribution >= 4 is 0 Å². The molecule has 0 bridgehead atoms. The molecule has 0 spiro atoms. The largest absolute Gasteiger partial charge is 0.465 e. The Kier molecular flexibility index (Phi) is 2.19. The second-order valence-corrected chi connectivity index (χ2v) is 1.78. The summed E-state index contributed by atoms with van der Waals surface area (Å²) in [4.78, 5) is 0. The van der Waals surface area contributed by atoms with Crippen molar-refractivity contribution in [2.24, 2.45) is 0 Å². The lowest BCUT2D eigenvalue weighted by Crippen LogP contribution is -1.92. The van der Waals surface area contributed by atoms with Crippen LogP contribution in [0.25, 0.3) is 0 Å². The predicted molar refractivity (Wildman–Crippen MR) is 34.5 cm³/mol. The Hall–Kier alpha value is -0.920. The quantitative estimate of drug-likeness (QED) is 0.618. The molecule has 0 aliphatic carbocycles. The number of furan rings is 1. The maximum absolute atomic E-state index is 5.13. The zero-order valence-electron chi connectivity index (χ0n) is 5.46. The fourth-order valence-corrected chi connectivity index (χ4v) is 0.548. The Morgan fingerprint density at radius 1 is 1.67 bits per heavy atom. The normalized spacial score (nSPS) is 9.44. The molecule has 50 valence electrons. The van der Waals surface area contributed by atoms with Gasteiger partial charge in [0.2, 0.25) is 0 Å². The van der Waals surface area contributed by atoms with E-state index in [1.807, 2.05) is 6.07 Å². The van der Waals surface area contributed by atoms with Gasteiger partial charge in [-0.25, -0.2) is 0 Å². The second-order valence-electron chi connectivity index (χ2n) is 1.78. The SMILES string of the molecule is CCCOc1ccco1. The Balaban J connectivity index is 2.30. The molecule has 1 heterocycles. The maximum Gasteiger partial charge on any atom is 0.284 e. The highest BCUT2D eigenvalue weighted by atomic mass is 16.6. The van der Waals surface area contributed by atoms with Gasteiger partial charge in [-0.3, -0.25) is 0 Å². The van der Waals surface area contributed by atoms with Gasteiger partial charge in [-0.15, -0.1) is 0 Å². The third-order valence-corrected chi connectivity index (χ3v) is 0.944. The molecule has 0 aliphatic rings. The number of rotatable bonds is 3. The minimum absolute atomic E-state index is 0.608. The van der Waals surface area contributed by atoms with Crippen molar-refractivity contribution in [2.45, 2.75) is 13.3 Å². The average molecular weight is 126 g/mol. The zero-order valence-corrected chi connectivity index (χ0v) is 5.46. The van der Waals surface area contributed by atoms with Crippen LogP contribution in [0, 0.1) is 0 Å². The summed E-state index contributed by atoms with van der Waals surface area (Å²) in [6.45, 7) is 2.79. The van der Waals surface area contributed by atoms with Gasteiger partial charge in [-0.1, -0.05) is 6.92 Å². The molecule has 0 N–H and O–H groups in total. The molecule has 1 aromatic heterocycles. The van der Waals surface area contributed by atoms with Crippen LogP contribution in [0.15, 0.2) is 22.8 Å². The van der Waals surface area contributed by atoms with E-state index in [9.17, 15) is 0 Å². The van der Waals surface area contributed by atoms with E-state index in [1.54, 1.807) is 12.3 Å². The molecule has 9 heavy (non-hydrogen) atoms. The van der Waals surface area contributed by atoms with Gasteiger partial charge in [0, 0.05) is 6.07 Å². The van der Waals surface area contributed by atoms with E-state index in [-0.39, 0.29) is 0 Å². The van der Waals surface area contributed by atoms with Crippen LogP contribution in [0.1, 0.15) is 13.3 Å². The molecule has 0 amide bonds. The lowest BCUT2D eigenvalue weighted by atomic mass is 10.5. The van der Waals surface area contributed by atoms with Crippen LogP contribution in [0.5, 0.6) is 5.95 Å². The Morgan fingerprint density at radius 2 is 2.56 bits per heavy atom. The van der Waals surface area contributed by atoms with Crippen molar-refractivity contribution in [3.8, 4) is 5.95 Å². The van der Waals surface area contributed by atoms with Crippen molar-refractivity contribution in [3.05, 3.63) is 18.4 Å². The summed E-state index contributed by atoms with van der Waals surface area (Å²) >= 11 is 0. The first-order valence-electron chi connectivity index (χ1n) is 3.10. The highest BCUT2D eigenvalue weighted by Gasteiger charge is 1.90. The number of hydrogen-bond donors (Lipinski definition) is 0. The van der Waals surface area contributed by atoms with Crippen LogP contribution in [-0.2, 0) is 0 Å². The monoisotopic (exact) mass is 126 g/mol. The first-order valence-corrected chi connectivity index (χ1v) is 3.10. The Bertz CT molecular complexity index is 144. The summed E-state index contributed by atoms with van der Waals surface area (Å²) in [7, 11) is 0. The molecule has 1 rings (SSSR count). The summed E-state index contributed by atoms with van der Waals surface area (Å²) < 4.78 is 10.0. The van der Waals surface area contributed by atoms with Gasteiger partial charge >= 0.3 is 0 Å². The summed E-state index contributed by atoms with van der Waals surface area (Å²) in [6.07, 6.45) is 2.62. The molecule has 2 heteroatoms. The van der Waals surface area contributed by atoms with E-state index < -0.39 is 0 Å². The van der Waals surface area contributed by atoms with E-state index >= 15 is 0 Å². The summed E-state index contributed by atoms with van der Waals surface area (Å²) in [5, 5.41) is 0. The standard InChI is InChI=1S/C7H10O2/c1-2-5-8-7-4-3-6-9-7/h3-4,6H,2,5H2,1H3. The van der Waals surface area contributed by atoms with Gasteiger partial charge in [0.05, 0.1) is 12.9 Å². The zero-order chi connectivity index (χ0) is 6.53. The third kappa shape index (κ3) is 1.80. The van der Waals surface area contributed by atoms with Crippen LogP contribution >= 0.6 is 0 Å². The molecule has 0 radical (unpaired) electrons. The summed E-state index contributed by atoms with van der Waals surface area (Å²) in [5.74, 6) is 0.608. The molecule has 0 unspecified atom stereocenters. The number of ether oxygens (including phenoxy) is 1. The third-order valence-electron chi connectivity index (χ3n) is 0.944. The van der Waals surface area contributed by atoms with Gasteiger partial charge in [-0.2, -0.15) is 0 Å². The summed E-state index contributed by atoms with van der Waals surface area (Å²) in [5.41, 5.74) is 0. The lowest BCUT2D eigenvalue weighted by Gasteiger charge is -1.96. The van der Waals surface area contributed by atoms with Crippen LogP contribution < -0.4 is 4.74 Å². The first-order chi connectivity index (χ1) is 4.43. The van der Waals surface area contributed by atoms with Crippen molar-refractivity contribution in [2.75, 3.05) is 6.61 Å². The second kappa shape index (κ2) is 3.17. The fourth-order valence-electron chi connectivity index (χ4n) is 0.548. The molecule has 2 nitrogen and oxygen atoms in total. The van der Waals surface area contributed by atoms with Gasteiger partial charge < -0.3 is 9.15 Å². The first kappa shape index (κ1) is 6.20. The minimum atomic E-state index is 0.608. The van der Waals surface area contributed by atoms with Crippen molar-refractivity contribution in [3.63, 3.8) is 0 Å². The number of hydrogen-bond acceptors (Lipinski definition) is 2. The maximum atomic E-state index is 5.13. The Labute approximate surface area is 54.4 Å². The lowest BCUT2D eigenvalue weighted by molar-refractivity contribution is 0.243. The fraction of sp³-hybridized carbons (Fsp3) is 0.429. The van der Waals surface area contributed by atoms with E-state index in [1.165, 1.54) is 0 Å². The molecule has 0 fully saturated rings. The smallest absolute Gasteiger partial charge is 0.284 e. The molecule has 1 aromatic rings. The molecule has 0 saturated carbocycles. The van der Waals surface area contributed by atoms with Crippen LogP contribution in [0.3, 0.4) is 0 Å². The van der Waals surface area contributed by atoms with Crippen molar-refractivity contribution < 1.29 is 9.15 Å². The van der Waals surface area contributed by atoms with E-state index in [0.29, 0.717) is 5.95 Å². The molecule has 0 aliphatic heterocycles. The van der Waals surface area contributed by atoms with Gasteiger partial charge in [0.1, 0.15) is 0 Å². The van der Waals surface area contributed by atoms with Gasteiger partial charge in [0.25, 0.3) is 5.95 Å². The molecular formula is C7H10O2. The van der Waals surface area contributed by atoms with E-state index in [4.69, 9.17) is 9.15 Å². The van der Waals surface area contributed by atoms with Gasteiger partial charge in [-0.05, 0) is 12.5 Å². The summed E-state index contributed by atoms with van der Waals surface area (Å²) in [6, 6.07) is 3.61. The topological polar surface area (TPSA) is 22.4 Å². The van der Waals surface area contributed by atoms with E-state index in [2.05, 4.69) is 6.92 Å². The van der Waals surface area contributed by atoms with Crippen LogP contribution in [0.4, 0.5) is 0 Å². The molecule has 0 atom stereocenters. The minimum Gasteiger partial charge on any atom is -0.465 e. The van der Waals surface area contributed by atoms with Crippen molar-refractivity contribution in [1.29, 1.82) is 0 Å². The molecular weight excluding hydrogens is 116 g/mol. The highest BCUT2D eigenvalue weighted by Crippen LogP contribution is 2.09. The molecule has 0 saturated heterocycles. The van der Waals surface area contributed by atoms with Gasteiger partial charge in [0.15, 0.2) is 0 Å². The Morgan fingerprint density at radius 3 is 3.11 bits per heavy atom. The van der Waals surface area contributed by atoms with Crippen LogP contribution in [0.2, 0.25) is 0 Å².